The normalized spacial score (nSPS) is 29.2. The summed E-state index contributed by atoms with van der Waals surface area (Å²) in [4.78, 5) is 26.7. The maximum absolute atomic E-state index is 12.5. The molecule has 4 rings (SSSR count). The zero-order valence-electron chi connectivity index (χ0n) is 16.5. The van der Waals surface area contributed by atoms with Gasteiger partial charge in [0.2, 0.25) is 0 Å². The molecule has 0 amide bonds. The Morgan fingerprint density at radius 2 is 2.00 bits per heavy atom. The highest BCUT2D eigenvalue weighted by atomic mass is 16.5. The zero-order chi connectivity index (χ0) is 19.2. The van der Waals surface area contributed by atoms with Crippen molar-refractivity contribution < 1.29 is 14.3 Å². The lowest BCUT2D eigenvalue weighted by atomic mass is 9.83. The van der Waals surface area contributed by atoms with Crippen LogP contribution in [0.15, 0.2) is 36.0 Å². The summed E-state index contributed by atoms with van der Waals surface area (Å²) >= 11 is 0. The summed E-state index contributed by atoms with van der Waals surface area (Å²) in [6.07, 6.45) is 7.15. The Labute approximate surface area is 161 Å². The lowest BCUT2D eigenvalue weighted by molar-refractivity contribution is -0.148. The van der Waals surface area contributed by atoms with E-state index in [4.69, 9.17) is 4.74 Å². The number of carbonyl (C=O) groups excluding carboxylic acids is 2. The van der Waals surface area contributed by atoms with Crippen LogP contribution in [0.1, 0.15) is 51.5 Å². The monoisotopic (exact) mass is 367 g/mol. The van der Waals surface area contributed by atoms with E-state index in [0.717, 1.165) is 23.7 Å². The van der Waals surface area contributed by atoms with Crippen LogP contribution in [0.25, 0.3) is 0 Å². The number of ether oxygens (including phenoxy) is 1. The SMILES string of the molecule is CN1C(=CC(=O)COC(=O)CC2CC3CCC2C3)C(C)(C)c2ccccc21. The van der Waals surface area contributed by atoms with Gasteiger partial charge in [0.05, 0.1) is 0 Å². The van der Waals surface area contributed by atoms with E-state index in [1.807, 2.05) is 19.2 Å². The van der Waals surface area contributed by atoms with E-state index in [1.54, 1.807) is 6.08 Å². The third-order valence-corrected chi connectivity index (χ3v) is 6.93. The minimum atomic E-state index is -0.242. The third-order valence-electron chi connectivity index (χ3n) is 6.93. The highest BCUT2D eigenvalue weighted by molar-refractivity contribution is 5.94. The standard InChI is InChI=1S/C23H29NO3/c1-23(2)19-6-4-5-7-20(19)24(3)21(23)13-18(25)14-27-22(26)12-17-11-15-8-9-16(17)10-15/h4-7,13,15-17H,8-12,14H2,1-3H3. The summed E-state index contributed by atoms with van der Waals surface area (Å²) in [5, 5.41) is 0. The topological polar surface area (TPSA) is 46.6 Å². The average Bonchev–Trinajstić information content (AvgIpc) is 3.30. The molecule has 4 nitrogen and oxygen atoms in total. The molecule has 1 heterocycles. The fraction of sp³-hybridized carbons (Fsp3) is 0.565. The molecule has 0 spiro atoms. The number of hydrogen-bond acceptors (Lipinski definition) is 4. The summed E-state index contributed by atoms with van der Waals surface area (Å²) in [5.74, 6) is 1.62. The molecule has 0 saturated heterocycles. The van der Waals surface area contributed by atoms with E-state index in [9.17, 15) is 9.59 Å². The zero-order valence-corrected chi connectivity index (χ0v) is 16.5. The van der Waals surface area contributed by atoms with Crippen LogP contribution < -0.4 is 4.90 Å². The molecule has 27 heavy (non-hydrogen) atoms. The van der Waals surface area contributed by atoms with Crippen LogP contribution in [0.2, 0.25) is 0 Å². The molecular formula is C23H29NO3. The van der Waals surface area contributed by atoms with E-state index in [2.05, 4.69) is 30.9 Å². The van der Waals surface area contributed by atoms with Gasteiger partial charge in [-0.05, 0) is 48.6 Å². The first-order valence-corrected chi connectivity index (χ1v) is 10.1. The molecular weight excluding hydrogens is 338 g/mol. The molecule has 1 aromatic carbocycles. The molecule has 2 bridgehead atoms. The molecule has 0 N–H and O–H groups in total. The van der Waals surface area contributed by atoms with Gasteiger partial charge in [-0.1, -0.05) is 38.5 Å². The van der Waals surface area contributed by atoms with Crippen molar-refractivity contribution in [2.24, 2.45) is 17.8 Å². The third kappa shape index (κ3) is 3.30. The minimum absolute atomic E-state index is 0.154. The number of anilines is 1. The molecule has 0 aromatic heterocycles. The highest BCUT2D eigenvalue weighted by Gasteiger charge is 2.41. The van der Waals surface area contributed by atoms with Crippen molar-refractivity contribution in [3.63, 3.8) is 0 Å². The summed E-state index contributed by atoms with van der Waals surface area (Å²) in [6.45, 7) is 4.08. The Morgan fingerprint density at radius 1 is 1.22 bits per heavy atom. The predicted octanol–water partition coefficient (Wildman–Crippen LogP) is 4.24. The maximum Gasteiger partial charge on any atom is 0.306 e. The Kier molecular flexibility index (Phi) is 4.61. The average molecular weight is 367 g/mol. The number of hydrogen-bond donors (Lipinski definition) is 0. The maximum atomic E-state index is 12.5. The lowest BCUT2D eigenvalue weighted by Gasteiger charge is -2.24. The number of fused-ring (bicyclic) bond motifs is 3. The van der Waals surface area contributed by atoms with Gasteiger partial charge >= 0.3 is 5.97 Å². The molecule has 4 heteroatoms. The number of likely N-dealkylation sites (N-methyl/N-ethyl adjacent to an activating group) is 1. The van der Waals surface area contributed by atoms with Crippen LogP contribution in [0.3, 0.4) is 0 Å². The first-order chi connectivity index (χ1) is 12.9. The minimum Gasteiger partial charge on any atom is -0.457 e. The van der Waals surface area contributed by atoms with Gasteiger partial charge in [0, 0.05) is 36.3 Å². The first-order valence-electron chi connectivity index (χ1n) is 10.1. The van der Waals surface area contributed by atoms with Crippen molar-refractivity contribution in [3.05, 3.63) is 41.6 Å². The smallest absolute Gasteiger partial charge is 0.306 e. The van der Waals surface area contributed by atoms with Gasteiger partial charge in [-0.2, -0.15) is 0 Å². The molecule has 0 radical (unpaired) electrons. The number of nitrogens with zero attached hydrogens (tertiary/aromatic N) is 1. The van der Waals surface area contributed by atoms with E-state index in [1.165, 1.54) is 24.8 Å². The van der Waals surface area contributed by atoms with Crippen molar-refractivity contribution in [1.29, 1.82) is 0 Å². The molecule has 2 fully saturated rings. The molecule has 1 aromatic rings. The van der Waals surface area contributed by atoms with Gasteiger partial charge in [0.15, 0.2) is 12.4 Å². The van der Waals surface area contributed by atoms with Gasteiger partial charge in [0.25, 0.3) is 0 Å². The molecule has 3 unspecified atom stereocenters. The first kappa shape index (κ1) is 18.3. The second-order valence-corrected chi connectivity index (χ2v) is 9.00. The predicted molar refractivity (Wildman–Crippen MR) is 105 cm³/mol. The molecule has 144 valence electrons. The van der Waals surface area contributed by atoms with E-state index >= 15 is 0 Å². The van der Waals surface area contributed by atoms with Crippen molar-refractivity contribution in [2.45, 2.75) is 51.4 Å². The number of rotatable bonds is 5. The number of esters is 1. The molecule has 1 aliphatic heterocycles. The molecule has 2 aliphatic carbocycles. The second kappa shape index (κ2) is 6.81. The van der Waals surface area contributed by atoms with Crippen molar-refractivity contribution in [2.75, 3.05) is 18.6 Å². The summed E-state index contributed by atoms with van der Waals surface area (Å²) < 4.78 is 5.31. The summed E-state index contributed by atoms with van der Waals surface area (Å²) in [6, 6.07) is 8.20. The Hall–Kier alpha value is -2.10. The number of para-hydroxylation sites is 1. The van der Waals surface area contributed by atoms with Crippen LogP contribution >= 0.6 is 0 Å². The van der Waals surface area contributed by atoms with Crippen LogP contribution in [-0.2, 0) is 19.7 Å². The van der Waals surface area contributed by atoms with Crippen LogP contribution in [0.5, 0.6) is 0 Å². The second-order valence-electron chi connectivity index (χ2n) is 9.00. The summed E-state index contributed by atoms with van der Waals surface area (Å²) in [5.41, 5.74) is 3.03. The number of carbonyl (C=O) groups is 2. The van der Waals surface area contributed by atoms with E-state index in [-0.39, 0.29) is 23.8 Å². The van der Waals surface area contributed by atoms with E-state index in [0.29, 0.717) is 18.3 Å². The quantitative estimate of drug-likeness (QED) is 0.577. The fourth-order valence-corrected chi connectivity index (χ4v) is 5.50. The molecule has 3 atom stereocenters. The van der Waals surface area contributed by atoms with Crippen LogP contribution in [-0.4, -0.2) is 25.4 Å². The Balaban J connectivity index is 1.36. The number of ketones is 1. The molecule has 2 saturated carbocycles. The van der Waals surface area contributed by atoms with Crippen molar-refractivity contribution in [1.82, 2.24) is 0 Å². The van der Waals surface area contributed by atoms with Gasteiger partial charge < -0.3 is 9.64 Å². The highest BCUT2D eigenvalue weighted by Crippen LogP contribution is 2.49. The number of allylic oxidation sites excluding steroid dienone is 1. The van der Waals surface area contributed by atoms with Gasteiger partial charge in [0.1, 0.15) is 0 Å². The Bertz CT molecular complexity index is 795. The van der Waals surface area contributed by atoms with Gasteiger partial charge in [-0.3, -0.25) is 9.59 Å². The Morgan fingerprint density at radius 3 is 2.67 bits per heavy atom. The van der Waals surface area contributed by atoms with Crippen molar-refractivity contribution >= 4 is 17.4 Å². The number of benzene rings is 1. The lowest BCUT2D eigenvalue weighted by Crippen LogP contribution is -2.25. The van der Waals surface area contributed by atoms with Crippen LogP contribution in [0, 0.1) is 17.8 Å². The van der Waals surface area contributed by atoms with E-state index < -0.39 is 0 Å². The van der Waals surface area contributed by atoms with Crippen LogP contribution in [0.4, 0.5) is 5.69 Å². The fourth-order valence-electron chi connectivity index (χ4n) is 5.50. The van der Waals surface area contributed by atoms with Crippen molar-refractivity contribution in [3.8, 4) is 0 Å². The summed E-state index contributed by atoms with van der Waals surface area (Å²) in [7, 11) is 1.98. The van der Waals surface area contributed by atoms with Gasteiger partial charge in [-0.15, -0.1) is 0 Å². The largest absolute Gasteiger partial charge is 0.457 e. The molecule has 3 aliphatic rings. The van der Waals surface area contributed by atoms with Gasteiger partial charge in [-0.25, -0.2) is 0 Å².